The molecule has 3 aliphatic rings. The van der Waals surface area contributed by atoms with Crippen molar-refractivity contribution in [3.05, 3.63) is 0 Å². The van der Waals surface area contributed by atoms with E-state index in [1.807, 2.05) is 4.90 Å². The van der Waals surface area contributed by atoms with E-state index in [0.717, 1.165) is 71.6 Å². The molecule has 0 spiro atoms. The Bertz CT molecular complexity index is 516. The van der Waals surface area contributed by atoms with Crippen LogP contribution in [-0.2, 0) is 14.3 Å². The van der Waals surface area contributed by atoms with E-state index in [1.54, 1.807) is 6.92 Å². The molecule has 0 aromatic heterocycles. The third-order valence-corrected chi connectivity index (χ3v) is 6.73. The Labute approximate surface area is 176 Å². The molecule has 166 valence electrons. The largest absolute Gasteiger partial charge is 0.381 e. The first-order chi connectivity index (χ1) is 14.1. The zero-order valence-corrected chi connectivity index (χ0v) is 18.2. The maximum Gasteiger partial charge on any atom is 0.234 e. The van der Waals surface area contributed by atoms with Crippen LogP contribution in [0.25, 0.3) is 0 Å². The molecule has 0 aromatic carbocycles. The minimum atomic E-state index is 0.146. The summed E-state index contributed by atoms with van der Waals surface area (Å²) in [7, 11) is 0. The van der Waals surface area contributed by atoms with E-state index in [2.05, 4.69) is 15.1 Å². The summed E-state index contributed by atoms with van der Waals surface area (Å²) >= 11 is 0. The van der Waals surface area contributed by atoms with Crippen LogP contribution >= 0.6 is 0 Å². The third kappa shape index (κ3) is 7.23. The van der Waals surface area contributed by atoms with Crippen molar-refractivity contribution in [1.29, 1.82) is 0 Å². The minimum absolute atomic E-state index is 0.146. The lowest BCUT2D eigenvalue weighted by atomic mass is 9.98. The minimum Gasteiger partial charge on any atom is -0.381 e. The Morgan fingerprint density at radius 1 is 0.966 bits per heavy atom. The van der Waals surface area contributed by atoms with Gasteiger partial charge in [0.2, 0.25) is 11.8 Å². The number of hydrogen-bond acceptors (Lipinski definition) is 5. The summed E-state index contributed by atoms with van der Waals surface area (Å²) in [4.78, 5) is 31.2. The summed E-state index contributed by atoms with van der Waals surface area (Å²) in [5, 5.41) is 3.16. The number of nitrogens with one attached hydrogen (secondary N) is 1. The average molecular weight is 409 g/mol. The van der Waals surface area contributed by atoms with E-state index >= 15 is 0 Å². The summed E-state index contributed by atoms with van der Waals surface area (Å²) in [5.41, 5.74) is 0. The number of piperidine rings is 1. The van der Waals surface area contributed by atoms with Gasteiger partial charge in [-0.2, -0.15) is 0 Å². The summed E-state index contributed by atoms with van der Waals surface area (Å²) in [5.74, 6) is 0.320. The molecule has 3 saturated heterocycles. The van der Waals surface area contributed by atoms with Gasteiger partial charge in [0.05, 0.1) is 6.54 Å². The predicted octanol–water partition coefficient (Wildman–Crippen LogP) is 1.47. The number of carbonyl (C=O) groups is 2. The fourth-order valence-corrected chi connectivity index (χ4v) is 5.07. The molecular formula is C22H40N4O3. The highest BCUT2D eigenvalue weighted by atomic mass is 16.5. The summed E-state index contributed by atoms with van der Waals surface area (Å²) < 4.78 is 5.57. The van der Waals surface area contributed by atoms with Gasteiger partial charge < -0.3 is 15.0 Å². The van der Waals surface area contributed by atoms with Crippen LogP contribution in [0.15, 0.2) is 0 Å². The van der Waals surface area contributed by atoms with Crippen LogP contribution < -0.4 is 5.32 Å². The van der Waals surface area contributed by atoms with Crippen molar-refractivity contribution in [3.63, 3.8) is 0 Å². The van der Waals surface area contributed by atoms with E-state index in [-0.39, 0.29) is 11.8 Å². The van der Waals surface area contributed by atoms with Crippen molar-refractivity contribution in [3.8, 4) is 0 Å². The van der Waals surface area contributed by atoms with Crippen LogP contribution in [0.2, 0.25) is 0 Å². The van der Waals surface area contributed by atoms with Crippen molar-refractivity contribution in [2.45, 2.75) is 70.4 Å². The molecular weight excluding hydrogens is 368 g/mol. The Balaban J connectivity index is 1.49. The number of rotatable bonds is 7. The van der Waals surface area contributed by atoms with Gasteiger partial charge in [-0.1, -0.05) is 12.8 Å². The first kappa shape index (κ1) is 22.5. The molecule has 0 radical (unpaired) electrons. The third-order valence-electron chi connectivity index (χ3n) is 6.73. The smallest absolute Gasteiger partial charge is 0.234 e. The molecule has 3 rings (SSSR count). The Kier molecular flexibility index (Phi) is 9.21. The molecule has 29 heavy (non-hydrogen) atoms. The zero-order valence-electron chi connectivity index (χ0n) is 18.2. The van der Waals surface area contributed by atoms with Crippen molar-refractivity contribution in [2.24, 2.45) is 0 Å². The van der Waals surface area contributed by atoms with Crippen molar-refractivity contribution >= 4 is 11.8 Å². The number of ether oxygens (including phenoxy) is 1. The monoisotopic (exact) mass is 408 g/mol. The number of nitrogens with zero attached hydrogens (tertiary/aromatic N) is 3. The topological polar surface area (TPSA) is 65.1 Å². The van der Waals surface area contributed by atoms with Crippen molar-refractivity contribution < 1.29 is 14.3 Å². The first-order valence-corrected chi connectivity index (χ1v) is 11.7. The van der Waals surface area contributed by atoms with E-state index < -0.39 is 0 Å². The van der Waals surface area contributed by atoms with Crippen molar-refractivity contribution in [2.75, 3.05) is 59.0 Å². The molecule has 3 aliphatic heterocycles. The van der Waals surface area contributed by atoms with Crippen LogP contribution in [0.1, 0.15) is 58.3 Å². The molecule has 2 amide bonds. The SMILES string of the molecule is CC(=O)N1CCCC(N(CCNC(=O)CN2CCCCCC2)C2CCOCC2)C1. The van der Waals surface area contributed by atoms with Gasteiger partial charge in [-0.25, -0.2) is 0 Å². The van der Waals surface area contributed by atoms with Crippen LogP contribution in [0.4, 0.5) is 0 Å². The predicted molar refractivity (Wildman–Crippen MR) is 114 cm³/mol. The fourth-order valence-electron chi connectivity index (χ4n) is 5.07. The van der Waals surface area contributed by atoms with Gasteiger partial charge in [0.15, 0.2) is 0 Å². The van der Waals surface area contributed by atoms with Crippen LogP contribution in [-0.4, -0.2) is 97.6 Å². The van der Waals surface area contributed by atoms with E-state index in [4.69, 9.17) is 4.74 Å². The van der Waals surface area contributed by atoms with Crippen LogP contribution in [0.5, 0.6) is 0 Å². The van der Waals surface area contributed by atoms with Gasteiger partial charge in [-0.3, -0.25) is 19.4 Å². The Morgan fingerprint density at radius 3 is 2.38 bits per heavy atom. The Hall–Kier alpha value is -1.18. The van der Waals surface area contributed by atoms with Gasteiger partial charge in [0.1, 0.15) is 0 Å². The molecule has 0 aromatic rings. The molecule has 3 heterocycles. The van der Waals surface area contributed by atoms with Gasteiger partial charge >= 0.3 is 0 Å². The molecule has 7 heteroatoms. The second-order valence-electron chi connectivity index (χ2n) is 8.88. The number of likely N-dealkylation sites (tertiary alicyclic amines) is 2. The highest BCUT2D eigenvalue weighted by molar-refractivity contribution is 5.78. The van der Waals surface area contributed by atoms with E-state index in [0.29, 0.717) is 25.2 Å². The molecule has 0 saturated carbocycles. The van der Waals surface area contributed by atoms with Crippen molar-refractivity contribution in [1.82, 2.24) is 20.0 Å². The van der Waals surface area contributed by atoms with Gasteiger partial charge in [0.25, 0.3) is 0 Å². The highest BCUT2D eigenvalue weighted by Crippen LogP contribution is 2.23. The molecule has 3 fully saturated rings. The van der Waals surface area contributed by atoms with E-state index in [9.17, 15) is 9.59 Å². The standard InChI is InChI=1S/C22H40N4O3/c1-19(27)25-13-6-7-21(17-25)26(20-8-15-29-16-9-20)14-10-23-22(28)18-24-11-4-2-3-5-12-24/h20-21H,2-18H2,1H3,(H,23,28). The molecule has 0 aliphatic carbocycles. The lowest BCUT2D eigenvalue weighted by Gasteiger charge is -2.44. The lowest BCUT2D eigenvalue weighted by molar-refractivity contribution is -0.131. The normalized spacial score (nSPS) is 25.0. The van der Waals surface area contributed by atoms with Gasteiger partial charge in [-0.05, 0) is 51.6 Å². The maximum absolute atomic E-state index is 12.5. The second-order valence-corrected chi connectivity index (χ2v) is 8.88. The number of amides is 2. The molecule has 1 N–H and O–H groups in total. The lowest BCUT2D eigenvalue weighted by Crippen LogP contribution is -2.55. The quantitative estimate of drug-likeness (QED) is 0.691. The molecule has 1 atom stereocenters. The summed E-state index contributed by atoms with van der Waals surface area (Å²) in [6, 6.07) is 0.876. The fraction of sp³-hybridized carbons (Fsp3) is 0.909. The highest BCUT2D eigenvalue weighted by Gasteiger charge is 2.31. The number of hydrogen-bond donors (Lipinski definition) is 1. The number of carbonyl (C=O) groups excluding carboxylic acids is 2. The van der Waals surface area contributed by atoms with Crippen LogP contribution in [0, 0.1) is 0 Å². The van der Waals surface area contributed by atoms with Gasteiger partial charge in [0, 0.05) is 58.4 Å². The molecule has 1 unspecified atom stereocenters. The summed E-state index contributed by atoms with van der Waals surface area (Å²) in [6.45, 7) is 9.14. The van der Waals surface area contributed by atoms with Crippen LogP contribution in [0.3, 0.4) is 0 Å². The Morgan fingerprint density at radius 2 is 1.69 bits per heavy atom. The maximum atomic E-state index is 12.5. The summed E-state index contributed by atoms with van der Waals surface area (Å²) in [6.07, 6.45) is 9.26. The first-order valence-electron chi connectivity index (χ1n) is 11.7. The van der Waals surface area contributed by atoms with Gasteiger partial charge in [-0.15, -0.1) is 0 Å². The molecule has 0 bridgehead atoms. The average Bonchev–Trinajstić information content (AvgIpc) is 3.00. The zero-order chi connectivity index (χ0) is 20.5. The second kappa shape index (κ2) is 11.9. The molecule has 7 nitrogen and oxygen atoms in total. The van der Waals surface area contributed by atoms with E-state index in [1.165, 1.54) is 25.7 Å².